The highest BCUT2D eigenvalue weighted by atomic mass is 16.2. The van der Waals surface area contributed by atoms with Crippen molar-refractivity contribution < 1.29 is 4.79 Å². The van der Waals surface area contributed by atoms with E-state index >= 15 is 0 Å². The van der Waals surface area contributed by atoms with Crippen LogP contribution in [0.4, 0.5) is 0 Å². The highest BCUT2D eigenvalue weighted by Crippen LogP contribution is 2.12. The molecule has 144 valence electrons. The molecule has 1 aliphatic heterocycles. The number of likely N-dealkylation sites (tertiary alicyclic amines) is 1. The van der Waals surface area contributed by atoms with E-state index in [1.807, 2.05) is 18.0 Å². The van der Waals surface area contributed by atoms with E-state index in [1.54, 1.807) is 6.92 Å². The number of amides is 1. The number of carbonyl (C=O) groups is 1. The predicted octanol–water partition coefficient (Wildman–Crippen LogP) is 2.16. The lowest BCUT2D eigenvalue weighted by Gasteiger charge is -2.33. The largest absolute Gasteiger partial charge is 0.365 e. The van der Waals surface area contributed by atoms with Crippen molar-refractivity contribution in [2.24, 2.45) is 10.9 Å². The van der Waals surface area contributed by atoms with Crippen LogP contribution in [0.15, 0.2) is 11.2 Å². The summed E-state index contributed by atoms with van der Waals surface area (Å²) >= 11 is 0. The molecular weight excluding hydrogens is 324 g/mol. The van der Waals surface area contributed by atoms with E-state index in [0.717, 1.165) is 43.5 Å². The molecule has 2 heterocycles. The van der Waals surface area contributed by atoms with Crippen LogP contribution in [0.2, 0.25) is 0 Å². The van der Waals surface area contributed by atoms with Gasteiger partial charge in [-0.15, -0.1) is 0 Å². The molecule has 0 saturated carbocycles. The smallest absolute Gasteiger partial charge is 0.219 e. The van der Waals surface area contributed by atoms with E-state index in [0.29, 0.717) is 5.92 Å². The SMILES string of the molecule is C/C=N\C(N[C@@H]1CCCN(C(C)=O)C1)=c1\c(CC(C)C)c[nH]c1=C(C)C. The molecule has 1 aromatic heterocycles. The fraction of sp³-hybridized carbons (Fsp3) is 0.619. The molecule has 1 aliphatic rings. The molecule has 2 rings (SSSR count). The topological polar surface area (TPSA) is 60.5 Å². The normalized spacial score (nSPS) is 19.2. The van der Waals surface area contributed by atoms with Gasteiger partial charge < -0.3 is 15.2 Å². The monoisotopic (exact) mass is 358 g/mol. The van der Waals surface area contributed by atoms with Gasteiger partial charge in [0, 0.05) is 49.0 Å². The average Bonchev–Trinajstić information content (AvgIpc) is 2.97. The zero-order valence-corrected chi connectivity index (χ0v) is 17.1. The molecule has 5 nitrogen and oxygen atoms in total. The Morgan fingerprint density at radius 1 is 1.42 bits per heavy atom. The Balaban J connectivity index is 2.50. The van der Waals surface area contributed by atoms with Gasteiger partial charge in [-0.2, -0.15) is 0 Å². The maximum atomic E-state index is 11.8. The second-order valence-corrected chi connectivity index (χ2v) is 7.85. The van der Waals surface area contributed by atoms with E-state index in [9.17, 15) is 4.79 Å². The van der Waals surface area contributed by atoms with Gasteiger partial charge in [-0.25, -0.2) is 4.99 Å². The zero-order valence-electron chi connectivity index (χ0n) is 17.1. The van der Waals surface area contributed by atoms with Gasteiger partial charge in [0.2, 0.25) is 5.91 Å². The third-order valence-corrected chi connectivity index (χ3v) is 4.79. The Morgan fingerprint density at radius 3 is 2.73 bits per heavy atom. The van der Waals surface area contributed by atoms with Gasteiger partial charge in [-0.3, -0.25) is 4.79 Å². The quantitative estimate of drug-likeness (QED) is 0.793. The second-order valence-electron chi connectivity index (χ2n) is 7.85. The number of aromatic nitrogens is 1. The van der Waals surface area contributed by atoms with E-state index in [2.05, 4.69) is 49.2 Å². The molecular formula is C21H34N4O. The van der Waals surface area contributed by atoms with Crippen molar-refractivity contribution in [2.45, 2.75) is 66.8 Å². The van der Waals surface area contributed by atoms with Gasteiger partial charge in [-0.05, 0) is 51.5 Å². The van der Waals surface area contributed by atoms with Crippen molar-refractivity contribution in [3.8, 4) is 0 Å². The molecule has 0 aromatic carbocycles. The lowest BCUT2D eigenvalue weighted by atomic mass is 10.0. The van der Waals surface area contributed by atoms with Crippen molar-refractivity contribution in [1.29, 1.82) is 0 Å². The molecule has 2 N–H and O–H groups in total. The van der Waals surface area contributed by atoms with Crippen LogP contribution in [0.3, 0.4) is 0 Å². The number of rotatable bonds is 5. The van der Waals surface area contributed by atoms with E-state index in [4.69, 9.17) is 0 Å². The average molecular weight is 359 g/mol. The number of carbonyl (C=O) groups excluding carboxylic acids is 1. The molecule has 1 fully saturated rings. The molecule has 1 saturated heterocycles. The number of nitrogens with one attached hydrogen (secondary N) is 2. The van der Waals surface area contributed by atoms with Gasteiger partial charge >= 0.3 is 0 Å². The Hall–Kier alpha value is -2.04. The van der Waals surface area contributed by atoms with Crippen LogP contribution in [-0.4, -0.2) is 41.1 Å². The zero-order chi connectivity index (χ0) is 19.3. The van der Waals surface area contributed by atoms with Gasteiger partial charge in [-0.1, -0.05) is 19.4 Å². The minimum atomic E-state index is 0.151. The summed E-state index contributed by atoms with van der Waals surface area (Å²) in [5.74, 6) is 1.64. The van der Waals surface area contributed by atoms with Crippen LogP contribution < -0.4 is 15.9 Å². The molecule has 1 atom stereocenters. The summed E-state index contributed by atoms with van der Waals surface area (Å²) in [6, 6.07) is 0.234. The highest BCUT2D eigenvalue weighted by molar-refractivity contribution is 5.73. The lowest BCUT2D eigenvalue weighted by Crippen LogP contribution is -2.48. The summed E-state index contributed by atoms with van der Waals surface area (Å²) in [4.78, 5) is 21.8. The molecule has 0 bridgehead atoms. The molecule has 0 aliphatic carbocycles. The number of hydrogen-bond donors (Lipinski definition) is 2. The van der Waals surface area contributed by atoms with Crippen LogP contribution in [0, 0.1) is 5.92 Å². The summed E-state index contributed by atoms with van der Waals surface area (Å²) in [6.07, 6.45) is 7.05. The lowest BCUT2D eigenvalue weighted by molar-refractivity contribution is -0.130. The maximum Gasteiger partial charge on any atom is 0.219 e. The summed E-state index contributed by atoms with van der Waals surface area (Å²) in [7, 11) is 0. The first-order chi connectivity index (χ1) is 12.3. The Bertz CT molecular complexity index is 768. The number of aromatic amines is 1. The summed E-state index contributed by atoms with van der Waals surface area (Å²) in [5.41, 5.74) is 2.54. The molecule has 5 heteroatoms. The minimum Gasteiger partial charge on any atom is -0.365 e. The van der Waals surface area contributed by atoms with E-state index in [-0.39, 0.29) is 11.9 Å². The van der Waals surface area contributed by atoms with Gasteiger partial charge in [0.05, 0.1) is 0 Å². The van der Waals surface area contributed by atoms with E-state index in [1.165, 1.54) is 16.4 Å². The van der Waals surface area contributed by atoms with Crippen molar-refractivity contribution in [2.75, 3.05) is 13.1 Å². The Kier molecular flexibility index (Phi) is 7.06. The Morgan fingerprint density at radius 2 is 2.15 bits per heavy atom. The number of piperidine rings is 1. The molecule has 1 amide bonds. The van der Waals surface area contributed by atoms with Crippen LogP contribution in [-0.2, 0) is 11.2 Å². The fourth-order valence-electron chi connectivity index (χ4n) is 3.61. The van der Waals surface area contributed by atoms with Gasteiger partial charge in [0.25, 0.3) is 0 Å². The first-order valence-corrected chi connectivity index (χ1v) is 9.72. The number of nitrogens with zero attached hydrogens (tertiary/aromatic N) is 2. The summed E-state index contributed by atoms with van der Waals surface area (Å²) in [6.45, 7) is 13.9. The number of aliphatic imine (C=N–C) groups is 1. The standard InChI is InChI=1S/C21H34N4O/c1-7-22-21(24-18-9-8-10-25(13-18)16(6)26)19-17(11-14(2)3)12-23-20(19)15(4)5/h7,12,14,18,23-24H,8-11,13H2,1-6H3/b21-19+,22-7-/t18-/m1/s1. The van der Waals surface area contributed by atoms with Crippen molar-refractivity contribution in [3.63, 3.8) is 0 Å². The molecule has 1 aromatic rings. The molecule has 0 spiro atoms. The van der Waals surface area contributed by atoms with Crippen LogP contribution in [0.5, 0.6) is 0 Å². The van der Waals surface area contributed by atoms with Crippen LogP contribution in [0.25, 0.3) is 11.4 Å². The number of H-pyrrole nitrogens is 1. The van der Waals surface area contributed by atoms with E-state index < -0.39 is 0 Å². The van der Waals surface area contributed by atoms with Crippen molar-refractivity contribution in [3.05, 3.63) is 22.3 Å². The second kappa shape index (κ2) is 9.06. The van der Waals surface area contributed by atoms with Gasteiger partial charge in [0.15, 0.2) is 0 Å². The highest BCUT2D eigenvalue weighted by Gasteiger charge is 2.22. The number of hydrogen-bond acceptors (Lipinski definition) is 3. The first kappa shape index (κ1) is 20.3. The van der Waals surface area contributed by atoms with Crippen molar-refractivity contribution in [1.82, 2.24) is 15.2 Å². The van der Waals surface area contributed by atoms with Crippen LogP contribution >= 0.6 is 0 Å². The van der Waals surface area contributed by atoms with Gasteiger partial charge in [0.1, 0.15) is 5.82 Å². The fourth-order valence-corrected chi connectivity index (χ4v) is 3.61. The third kappa shape index (κ3) is 4.99. The third-order valence-electron chi connectivity index (χ3n) is 4.79. The Labute approximate surface area is 157 Å². The summed E-state index contributed by atoms with van der Waals surface area (Å²) in [5, 5.41) is 5.97. The summed E-state index contributed by atoms with van der Waals surface area (Å²) < 4.78 is 0. The maximum absolute atomic E-state index is 11.8. The van der Waals surface area contributed by atoms with Crippen LogP contribution in [0.1, 0.15) is 59.9 Å². The molecule has 0 unspecified atom stereocenters. The molecule has 26 heavy (non-hydrogen) atoms. The first-order valence-electron chi connectivity index (χ1n) is 9.72. The minimum absolute atomic E-state index is 0.151. The molecule has 0 radical (unpaired) electrons. The van der Waals surface area contributed by atoms with Crippen molar-refractivity contribution >= 4 is 23.5 Å². The predicted molar refractivity (Wildman–Crippen MR) is 109 cm³/mol.